The third-order valence-electron chi connectivity index (χ3n) is 3.15. The van der Waals surface area contributed by atoms with E-state index in [1.54, 1.807) is 19.2 Å². The maximum Gasteiger partial charge on any atom is 0.248 e. The number of hydrogen-bond donors (Lipinski definition) is 1. The van der Waals surface area contributed by atoms with Crippen molar-refractivity contribution in [3.8, 4) is 17.1 Å². The molecule has 7 nitrogen and oxygen atoms in total. The highest BCUT2D eigenvalue weighted by Crippen LogP contribution is 2.22. The van der Waals surface area contributed by atoms with Gasteiger partial charge in [-0.05, 0) is 17.3 Å². The number of methoxy groups -OCH3 is 1. The zero-order chi connectivity index (χ0) is 16.1. The minimum Gasteiger partial charge on any atom is -0.495 e. The smallest absolute Gasteiger partial charge is 0.248 e. The van der Waals surface area contributed by atoms with Crippen LogP contribution in [0.5, 0.6) is 5.75 Å². The van der Waals surface area contributed by atoms with E-state index in [1.165, 1.54) is 4.80 Å². The number of carbonyl (C=O) groups excluding carboxylic acids is 1. The summed E-state index contributed by atoms with van der Waals surface area (Å²) >= 11 is 0. The fourth-order valence-electron chi connectivity index (χ4n) is 2.08. The van der Waals surface area contributed by atoms with E-state index >= 15 is 0 Å². The fraction of sp³-hybridized carbons (Fsp3) is 0.125. The maximum atomic E-state index is 12.1. The molecule has 0 spiro atoms. The van der Waals surface area contributed by atoms with Crippen LogP contribution in [0.25, 0.3) is 11.4 Å². The van der Waals surface area contributed by atoms with Crippen molar-refractivity contribution in [3.05, 3.63) is 54.6 Å². The molecular weight excluding hydrogens is 294 g/mol. The van der Waals surface area contributed by atoms with Gasteiger partial charge in [0.2, 0.25) is 11.7 Å². The van der Waals surface area contributed by atoms with E-state index in [-0.39, 0.29) is 12.5 Å². The first kappa shape index (κ1) is 14.7. The first-order valence-corrected chi connectivity index (χ1v) is 7.02. The van der Waals surface area contributed by atoms with Crippen molar-refractivity contribution in [2.75, 3.05) is 12.4 Å². The fourth-order valence-corrected chi connectivity index (χ4v) is 2.08. The van der Waals surface area contributed by atoms with Crippen LogP contribution in [0.1, 0.15) is 0 Å². The van der Waals surface area contributed by atoms with E-state index in [0.29, 0.717) is 17.3 Å². The molecule has 0 fully saturated rings. The van der Waals surface area contributed by atoms with Crippen molar-refractivity contribution < 1.29 is 9.53 Å². The summed E-state index contributed by atoms with van der Waals surface area (Å²) in [7, 11) is 1.55. The first-order chi connectivity index (χ1) is 11.3. The number of nitrogens with one attached hydrogen (secondary N) is 1. The molecule has 0 unspecified atom stereocenters. The lowest BCUT2D eigenvalue weighted by molar-refractivity contribution is -0.117. The van der Waals surface area contributed by atoms with Gasteiger partial charge in [-0.1, -0.05) is 42.5 Å². The summed E-state index contributed by atoms with van der Waals surface area (Å²) < 4.78 is 5.19. The van der Waals surface area contributed by atoms with Gasteiger partial charge in [-0.3, -0.25) is 4.79 Å². The van der Waals surface area contributed by atoms with Crippen LogP contribution in [0, 0.1) is 0 Å². The highest BCUT2D eigenvalue weighted by Gasteiger charge is 2.11. The molecule has 1 heterocycles. The quantitative estimate of drug-likeness (QED) is 0.779. The van der Waals surface area contributed by atoms with Crippen LogP contribution in [0.2, 0.25) is 0 Å². The Kier molecular flexibility index (Phi) is 4.28. The van der Waals surface area contributed by atoms with Crippen LogP contribution in [0.15, 0.2) is 54.6 Å². The van der Waals surface area contributed by atoms with Crippen LogP contribution in [0.4, 0.5) is 5.69 Å². The monoisotopic (exact) mass is 309 g/mol. The molecule has 3 aromatic rings. The number of tetrazole rings is 1. The molecule has 116 valence electrons. The number of para-hydroxylation sites is 2. The number of hydrogen-bond acceptors (Lipinski definition) is 5. The summed E-state index contributed by atoms with van der Waals surface area (Å²) in [5.74, 6) is 0.819. The van der Waals surface area contributed by atoms with E-state index in [4.69, 9.17) is 4.74 Å². The molecule has 7 heteroatoms. The molecule has 0 saturated heterocycles. The van der Waals surface area contributed by atoms with Crippen LogP contribution in [-0.4, -0.2) is 33.2 Å². The SMILES string of the molecule is COc1ccccc1NC(=O)Cn1nnc(-c2ccccc2)n1. The van der Waals surface area contributed by atoms with Gasteiger partial charge in [0.25, 0.3) is 0 Å². The molecule has 0 bridgehead atoms. The maximum absolute atomic E-state index is 12.1. The lowest BCUT2D eigenvalue weighted by atomic mass is 10.2. The normalized spacial score (nSPS) is 10.3. The molecular formula is C16H15N5O2. The predicted molar refractivity (Wildman–Crippen MR) is 84.9 cm³/mol. The third-order valence-corrected chi connectivity index (χ3v) is 3.15. The predicted octanol–water partition coefficient (Wildman–Crippen LogP) is 1.99. The number of rotatable bonds is 5. The molecule has 2 aromatic carbocycles. The van der Waals surface area contributed by atoms with Gasteiger partial charge in [0.1, 0.15) is 12.3 Å². The molecule has 1 N–H and O–H groups in total. The van der Waals surface area contributed by atoms with E-state index in [1.807, 2.05) is 42.5 Å². The van der Waals surface area contributed by atoms with Crippen molar-refractivity contribution in [1.29, 1.82) is 0 Å². The molecule has 0 aliphatic heterocycles. The van der Waals surface area contributed by atoms with Crippen molar-refractivity contribution in [2.24, 2.45) is 0 Å². The molecule has 3 rings (SSSR count). The number of benzene rings is 2. The van der Waals surface area contributed by atoms with Gasteiger partial charge < -0.3 is 10.1 Å². The number of nitrogens with zero attached hydrogens (tertiary/aromatic N) is 4. The summed E-state index contributed by atoms with van der Waals surface area (Å²) in [6.45, 7) is -0.0299. The van der Waals surface area contributed by atoms with Gasteiger partial charge in [-0.25, -0.2) is 0 Å². The van der Waals surface area contributed by atoms with Crippen molar-refractivity contribution >= 4 is 11.6 Å². The molecule has 23 heavy (non-hydrogen) atoms. The second-order valence-corrected chi connectivity index (χ2v) is 4.76. The van der Waals surface area contributed by atoms with Crippen molar-refractivity contribution in [3.63, 3.8) is 0 Å². The van der Waals surface area contributed by atoms with Gasteiger partial charge in [-0.15, -0.1) is 10.2 Å². The zero-order valence-electron chi connectivity index (χ0n) is 12.5. The number of carbonyl (C=O) groups is 1. The second kappa shape index (κ2) is 6.69. The van der Waals surface area contributed by atoms with Gasteiger partial charge in [0, 0.05) is 5.56 Å². The topological polar surface area (TPSA) is 81.9 Å². The average Bonchev–Trinajstić information content (AvgIpc) is 3.04. The highest BCUT2D eigenvalue weighted by atomic mass is 16.5. The Morgan fingerprint density at radius 3 is 2.65 bits per heavy atom. The molecule has 0 aliphatic rings. The van der Waals surface area contributed by atoms with Crippen LogP contribution in [-0.2, 0) is 11.3 Å². The Balaban J connectivity index is 1.68. The third kappa shape index (κ3) is 3.52. The average molecular weight is 309 g/mol. The number of amides is 1. The lowest BCUT2D eigenvalue weighted by Gasteiger charge is -2.09. The summed E-state index contributed by atoms with van der Waals surface area (Å²) in [6, 6.07) is 16.7. The Hall–Kier alpha value is -3.22. The first-order valence-electron chi connectivity index (χ1n) is 7.02. The Morgan fingerprint density at radius 2 is 1.87 bits per heavy atom. The van der Waals surface area contributed by atoms with Gasteiger partial charge >= 0.3 is 0 Å². The van der Waals surface area contributed by atoms with E-state index in [2.05, 4.69) is 20.7 Å². The molecule has 0 saturated carbocycles. The van der Waals surface area contributed by atoms with E-state index in [0.717, 1.165) is 5.56 Å². The highest BCUT2D eigenvalue weighted by molar-refractivity contribution is 5.91. The van der Waals surface area contributed by atoms with Gasteiger partial charge in [0.05, 0.1) is 12.8 Å². The molecule has 0 atom stereocenters. The van der Waals surface area contributed by atoms with Crippen LogP contribution < -0.4 is 10.1 Å². The Bertz CT molecular complexity index is 801. The number of anilines is 1. The minimum absolute atomic E-state index is 0.0299. The summed E-state index contributed by atoms with van der Waals surface area (Å²) in [4.78, 5) is 13.4. The summed E-state index contributed by atoms with van der Waals surface area (Å²) in [5, 5.41) is 14.8. The van der Waals surface area contributed by atoms with Crippen molar-refractivity contribution in [2.45, 2.75) is 6.54 Å². The number of aromatic nitrogens is 4. The Labute approximate surface area is 132 Å². The van der Waals surface area contributed by atoms with E-state index < -0.39 is 0 Å². The molecule has 0 aliphatic carbocycles. The summed E-state index contributed by atoms with van der Waals surface area (Å²) in [5.41, 5.74) is 1.45. The Morgan fingerprint density at radius 1 is 1.13 bits per heavy atom. The lowest BCUT2D eigenvalue weighted by Crippen LogP contribution is -2.20. The molecule has 1 amide bonds. The largest absolute Gasteiger partial charge is 0.495 e. The minimum atomic E-state index is -0.258. The van der Waals surface area contributed by atoms with Gasteiger partial charge in [0.15, 0.2) is 0 Å². The number of ether oxygens (including phenoxy) is 1. The van der Waals surface area contributed by atoms with Crippen LogP contribution in [0.3, 0.4) is 0 Å². The van der Waals surface area contributed by atoms with Crippen LogP contribution >= 0.6 is 0 Å². The zero-order valence-corrected chi connectivity index (χ0v) is 12.5. The molecule has 1 aromatic heterocycles. The van der Waals surface area contributed by atoms with E-state index in [9.17, 15) is 4.79 Å². The standard InChI is InChI=1S/C16H15N5O2/c1-23-14-10-6-5-9-13(14)17-15(22)11-21-19-16(18-20-21)12-7-3-2-4-8-12/h2-10H,11H2,1H3,(H,17,22). The second-order valence-electron chi connectivity index (χ2n) is 4.76. The summed E-state index contributed by atoms with van der Waals surface area (Å²) in [6.07, 6.45) is 0. The van der Waals surface area contributed by atoms with Gasteiger partial charge in [-0.2, -0.15) is 4.80 Å². The van der Waals surface area contributed by atoms with Crippen molar-refractivity contribution in [1.82, 2.24) is 20.2 Å². The molecule has 0 radical (unpaired) electrons.